The van der Waals surface area contributed by atoms with Crippen LogP contribution in [-0.4, -0.2) is 43.8 Å². The molecule has 0 heterocycles. The normalized spacial score (nSPS) is 14.5. The lowest BCUT2D eigenvalue weighted by molar-refractivity contribution is -0.140. The van der Waals surface area contributed by atoms with Crippen LogP contribution >= 0.6 is 11.6 Å². The predicted molar refractivity (Wildman–Crippen MR) is 193 cm³/mol. The average Bonchev–Trinajstić information content (AvgIpc) is 3.10. The van der Waals surface area contributed by atoms with E-state index in [1.54, 1.807) is 25.1 Å². The number of halogens is 4. The van der Waals surface area contributed by atoms with E-state index >= 15 is 0 Å². The Kier molecular flexibility index (Phi) is 12.1. The monoisotopic (exact) mass is 739 g/mol. The lowest BCUT2D eigenvalue weighted by atomic mass is 9.94. The minimum atomic E-state index is -4.90. The van der Waals surface area contributed by atoms with Crippen molar-refractivity contribution in [2.45, 2.75) is 82.1 Å². The Morgan fingerprint density at radius 3 is 2.18 bits per heavy atom. The van der Waals surface area contributed by atoms with Gasteiger partial charge < -0.3 is 10.2 Å². The van der Waals surface area contributed by atoms with Crippen molar-refractivity contribution in [3.05, 3.63) is 130 Å². The first-order chi connectivity index (χ1) is 24.2. The highest BCUT2D eigenvalue weighted by Crippen LogP contribution is 2.38. The third kappa shape index (κ3) is 9.51. The number of benzene rings is 4. The highest BCUT2D eigenvalue weighted by atomic mass is 35.5. The first kappa shape index (κ1) is 37.9. The summed E-state index contributed by atoms with van der Waals surface area (Å²) in [5.74, 6) is -1.15. The molecule has 0 radical (unpaired) electrons. The standard InChI is InChI=1S/C39H41ClF3N3O4S/c1-27-17-20-33(21-18-27)51(49,50)46(32-19-22-35(40)34(24-32)39(41,42)43)26-37(47)45(25-30-14-10-9-11-28(30)2)36(23-29-12-5-3-6-13-29)38(48)44-31-15-7-4-8-16-31/h3,5-6,9-14,17-22,24,31,36H,4,7-8,15-16,23,25-26H2,1-2H3,(H,44,48)/t36-/m1/s1. The Morgan fingerprint density at radius 1 is 0.882 bits per heavy atom. The molecule has 1 saturated carbocycles. The maximum Gasteiger partial charge on any atom is 0.417 e. The van der Waals surface area contributed by atoms with Crippen molar-refractivity contribution in [3.8, 4) is 0 Å². The van der Waals surface area contributed by atoms with E-state index in [9.17, 15) is 31.2 Å². The minimum absolute atomic E-state index is 0.0477. The molecule has 1 aliphatic rings. The maximum absolute atomic E-state index is 14.7. The maximum atomic E-state index is 14.7. The molecule has 1 atom stereocenters. The van der Waals surface area contributed by atoms with E-state index in [1.807, 2.05) is 55.5 Å². The predicted octanol–water partition coefficient (Wildman–Crippen LogP) is 8.26. The largest absolute Gasteiger partial charge is 0.417 e. The number of alkyl halides is 3. The zero-order valence-electron chi connectivity index (χ0n) is 28.5. The van der Waals surface area contributed by atoms with Gasteiger partial charge in [0.05, 0.1) is 21.2 Å². The van der Waals surface area contributed by atoms with Crippen molar-refractivity contribution < 1.29 is 31.2 Å². The molecule has 5 rings (SSSR count). The van der Waals surface area contributed by atoms with Crippen LogP contribution in [0.25, 0.3) is 0 Å². The molecule has 1 N–H and O–H groups in total. The SMILES string of the molecule is Cc1ccc(S(=O)(=O)N(CC(=O)N(Cc2ccccc2C)[C@H](Cc2ccccc2)C(=O)NC2CCCCC2)c2ccc(Cl)c(C(F)(F)F)c2)cc1. The summed E-state index contributed by atoms with van der Waals surface area (Å²) in [4.78, 5) is 30.1. The zero-order valence-corrected chi connectivity index (χ0v) is 30.1. The molecule has 0 bridgehead atoms. The molecule has 4 aromatic carbocycles. The Labute approximate surface area is 302 Å². The van der Waals surface area contributed by atoms with E-state index in [4.69, 9.17) is 11.6 Å². The van der Waals surface area contributed by atoms with Crippen molar-refractivity contribution in [1.29, 1.82) is 0 Å². The summed E-state index contributed by atoms with van der Waals surface area (Å²) >= 11 is 5.92. The van der Waals surface area contributed by atoms with Crippen molar-refractivity contribution in [3.63, 3.8) is 0 Å². The molecule has 51 heavy (non-hydrogen) atoms. The fraction of sp³-hybridized carbons (Fsp3) is 0.333. The van der Waals surface area contributed by atoms with Crippen LogP contribution in [0, 0.1) is 13.8 Å². The Balaban J connectivity index is 1.62. The fourth-order valence-electron chi connectivity index (χ4n) is 6.32. The first-order valence-electron chi connectivity index (χ1n) is 16.9. The number of hydrogen-bond acceptors (Lipinski definition) is 4. The highest BCUT2D eigenvalue weighted by molar-refractivity contribution is 7.92. The first-order valence-corrected chi connectivity index (χ1v) is 18.7. The summed E-state index contributed by atoms with van der Waals surface area (Å²) in [6.45, 7) is 2.70. The van der Waals surface area contributed by atoms with E-state index in [-0.39, 0.29) is 29.8 Å². The Morgan fingerprint density at radius 2 is 1.53 bits per heavy atom. The molecule has 2 amide bonds. The topological polar surface area (TPSA) is 86.8 Å². The van der Waals surface area contributed by atoms with Crippen LogP contribution in [0.5, 0.6) is 0 Å². The molecule has 4 aromatic rings. The summed E-state index contributed by atoms with van der Waals surface area (Å²) in [5, 5.41) is 2.53. The number of amides is 2. The molecule has 7 nitrogen and oxygen atoms in total. The van der Waals surface area contributed by atoms with Crippen LogP contribution in [-0.2, 0) is 38.8 Å². The summed E-state index contributed by atoms with van der Waals surface area (Å²) in [5.41, 5.74) is 1.47. The number of rotatable bonds is 12. The number of aryl methyl sites for hydroxylation is 2. The number of sulfonamides is 1. The third-order valence-corrected chi connectivity index (χ3v) is 11.4. The zero-order chi connectivity index (χ0) is 36.8. The molecule has 270 valence electrons. The average molecular weight is 740 g/mol. The van der Waals surface area contributed by atoms with Gasteiger partial charge in [-0.1, -0.05) is 103 Å². The number of carbonyl (C=O) groups is 2. The second kappa shape index (κ2) is 16.3. The molecule has 0 spiro atoms. The molecule has 0 aliphatic heterocycles. The lowest BCUT2D eigenvalue weighted by Gasteiger charge is -2.35. The van der Waals surface area contributed by atoms with E-state index in [0.717, 1.165) is 66.5 Å². The van der Waals surface area contributed by atoms with Crippen LogP contribution in [0.2, 0.25) is 5.02 Å². The van der Waals surface area contributed by atoms with Gasteiger partial charge in [-0.3, -0.25) is 13.9 Å². The van der Waals surface area contributed by atoms with Gasteiger partial charge in [-0.25, -0.2) is 8.42 Å². The summed E-state index contributed by atoms with van der Waals surface area (Å²) in [6, 6.07) is 23.9. The number of hydrogen-bond donors (Lipinski definition) is 1. The Bertz CT molecular complexity index is 1930. The van der Waals surface area contributed by atoms with Gasteiger partial charge in [0.25, 0.3) is 10.0 Å². The van der Waals surface area contributed by atoms with E-state index in [1.165, 1.54) is 17.0 Å². The van der Waals surface area contributed by atoms with Crippen LogP contribution in [0.15, 0.2) is 102 Å². The van der Waals surface area contributed by atoms with Crippen molar-refractivity contribution in [2.24, 2.45) is 0 Å². The fourth-order valence-corrected chi connectivity index (χ4v) is 7.95. The molecule has 12 heteroatoms. The van der Waals surface area contributed by atoms with Gasteiger partial charge in [-0.15, -0.1) is 0 Å². The quantitative estimate of drug-likeness (QED) is 0.159. The van der Waals surface area contributed by atoms with Gasteiger partial charge in [0, 0.05) is 19.0 Å². The minimum Gasteiger partial charge on any atom is -0.352 e. The molecular weight excluding hydrogens is 699 g/mol. The van der Waals surface area contributed by atoms with Gasteiger partial charge in [-0.05, 0) is 73.7 Å². The summed E-state index contributed by atoms with van der Waals surface area (Å²) in [7, 11) is -4.61. The Hall–Kier alpha value is -4.35. The number of nitrogens with zero attached hydrogens (tertiary/aromatic N) is 2. The van der Waals surface area contributed by atoms with Crippen LogP contribution < -0.4 is 9.62 Å². The lowest BCUT2D eigenvalue weighted by Crippen LogP contribution is -2.55. The highest BCUT2D eigenvalue weighted by Gasteiger charge is 2.38. The molecule has 0 unspecified atom stereocenters. The van der Waals surface area contributed by atoms with E-state index in [0.29, 0.717) is 10.4 Å². The number of anilines is 1. The molecule has 0 aromatic heterocycles. The number of nitrogens with one attached hydrogen (secondary N) is 1. The third-order valence-electron chi connectivity index (χ3n) is 9.26. The van der Waals surface area contributed by atoms with Gasteiger partial charge in [0.2, 0.25) is 11.8 Å². The van der Waals surface area contributed by atoms with Crippen molar-refractivity contribution in [2.75, 3.05) is 10.8 Å². The van der Waals surface area contributed by atoms with Crippen LogP contribution in [0.4, 0.5) is 18.9 Å². The molecule has 0 saturated heterocycles. The second-order valence-electron chi connectivity index (χ2n) is 13.0. The number of carbonyl (C=O) groups excluding carboxylic acids is 2. The van der Waals surface area contributed by atoms with Gasteiger partial charge >= 0.3 is 6.18 Å². The molecule has 1 fully saturated rings. The summed E-state index contributed by atoms with van der Waals surface area (Å²) < 4.78 is 71.4. The van der Waals surface area contributed by atoms with Crippen LogP contribution in [0.1, 0.15) is 59.9 Å². The molecular formula is C39H41ClF3N3O4S. The van der Waals surface area contributed by atoms with Gasteiger partial charge in [0.15, 0.2) is 0 Å². The van der Waals surface area contributed by atoms with Crippen molar-refractivity contribution in [1.82, 2.24) is 10.2 Å². The van der Waals surface area contributed by atoms with Gasteiger partial charge in [0.1, 0.15) is 12.6 Å². The second-order valence-corrected chi connectivity index (χ2v) is 15.3. The van der Waals surface area contributed by atoms with Crippen molar-refractivity contribution >= 4 is 39.1 Å². The smallest absolute Gasteiger partial charge is 0.352 e. The van der Waals surface area contributed by atoms with E-state index in [2.05, 4.69) is 5.32 Å². The summed E-state index contributed by atoms with van der Waals surface area (Å²) in [6.07, 6.45) is -0.164. The van der Waals surface area contributed by atoms with Gasteiger partial charge in [-0.2, -0.15) is 13.2 Å². The molecule has 1 aliphatic carbocycles. The van der Waals surface area contributed by atoms with E-state index < -0.39 is 51.0 Å². The van der Waals surface area contributed by atoms with Crippen LogP contribution in [0.3, 0.4) is 0 Å².